The van der Waals surface area contributed by atoms with Crippen molar-refractivity contribution < 1.29 is 14.3 Å². The minimum atomic E-state index is -0.200. The number of rotatable bonds is 0. The van der Waals surface area contributed by atoms with E-state index in [0.29, 0.717) is 13.2 Å². The highest BCUT2D eigenvalue weighted by molar-refractivity contribution is 5.78. The van der Waals surface area contributed by atoms with Crippen molar-refractivity contribution in [1.82, 2.24) is 5.32 Å². The zero-order chi connectivity index (χ0) is 6.97. The second-order valence-corrected chi connectivity index (χ2v) is 2.47. The summed E-state index contributed by atoms with van der Waals surface area (Å²) in [6.07, 6.45) is -0.0405. The Morgan fingerprint density at radius 3 is 3.30 bits per heavy atom. The Morgan fingerprint density at radius 1 is 1.60 bits per heavy atom. The molecule has 0 radical (unpaired) electrons. The topological polar surface area (TPSA) is 47.6 Å². The first-order chi connectivity index (χ1) is 4.88. The third-order valence-corrected chi connectivity index (χ3v) is 1.81. The fourth-order valence-electron chi connectivity index (χ4n) is 1.29. The molecule has 0 aromatic carbocycles. The van der Waals surface area contributed by atoms with Crippen molar-refractivity contribution in [2.45, 2.75) is 12.1 Å². The van der Waals surface area contributed by atoms with Crippen LogP contribution in [-0.4, -0.2) is 37.9 Å². The molecule has 56 valence electrons. The molecule has 4 heteroatoms. The van der Waals surface area contributed by atoms with Gasteiger partial charge >= 0.3 is 5.97 Å². The molecule has 0 saturated carbocycles. The first-order valence-corrected chi connectivity index (χ1v) is 3.39. The minimum absolute atomic E-state index is 0.0405. The molecule has 0 aromatic rings. The van der Waals surface area contributed by atoms with Gasteiger partial charge in [-0.05, 0) is 0 Å². The molecular weight excluding hydrogens is 134 g/mol. The highest BCUT2D eigenvalue weighted by atomic mass is 16.6. The van der Waals surface area contributed by atoms with E-state index in [2.05, 4.69) is 5.32 Å². The molecule has 1 N–H and O–H groups in total. The van der Waals surface area contributed by atoms with E-state index < -0.39 is 0 Å². The van der Waals surface area contributed by atoms with Crippen LogP contribution in [0.3, 0.4) is 0 Å². The SMILES string of the molecule is O=C1OCC2OCCNC12. The van der Waals surface area contributed by atoms with Gasteiger partial charge in [-0.3, -0.25) is 10.1 Å². The predicted molar refractivity (Wildman–Crippen MR) is 32.5 cm³/mol. The molecule has 2 heterocycles. The van der Waals surface area contributed by atoms with Crippen molar-refractivity contribution in [2.24, 2.45) is 0 Å². The molecule has 2 fully saturated rings. The Kier molecular flexibility index (Phi) is 1.35. The highest BCUT2D eigenvalue weighted by Crippen LogP contribution is 2.13. The lowest BCUT2D eigenvalue weighted by Gasteiger charge is -2.22. The summed E-state index contributed by atoms with van der Waals surface area (Å²) < 4.78 is 10.0. The molecule has 4 nitrogen and oxygen atoms in total. The first kappa shape index (κ1) is 6.12. The van der Waals surface area contributed by atoms with E-state index in [1.54, 1.807) is 0 Å². The van der Waals surface area contributed by atoms with Gasteiger partial charge in [0, 0.05) is 6.54 Å². The van der Waals surface area contributed by atoms with Crippen LogP contribution in [-0.2, 0) is 14.3 Å². The zero-order valence-electron chi connectivity index (χ0n) is 5.50. The van der Waals surface area contributed by atoms with Gasteiger partial charge in [-0.25, -0.2) is 0 Å². The summed E-state index contributed by atoms with van der Waals surface area (Å²) in [4.78, 5) is 10.8. The van der Waals surface area contributed by atoms with Crippen molar-refractivity contribution in [3.05, 3.63) is 0 Å². The number of esters is 1. The summed E-state index contributed by atoms with van der Waals surface area (Å²) in [5.41, 5.74) is 0. The average molecular weight is 143 g/mol. The van der Waals surface area contributed by atoms with Gasteiger partial charge in [0.15, 0.2) is 0 Å². The van der Waals surface area contributed by atoms with Crippen molar-refractivity contribution >= 4 is 5.97 Å². The number of morpholine rings is 1. The number of hydrogen-bond donors (Lipinski definition) is 1. The van der Waals surface area contributed by atoms with Crippen molar-refractivity contribution in [3.8, 4) is 0 Å². The van der Waals surface area contributed by atoms with E-state index in [0.717, 1.165) is 6.54 Å². The van der Waals surface area contributed by atoms with Gasteiger partial charge in [-0.2, -0.15) is 0 Å². The number of fused-ring (bicyclic) bond motifs is 1. The normalized spacial score (nSPS) is 39.0. The fourth-order valence-corrected chi connectivity index (χ4v) is 1.29. The molecule has 0 spiro atoms. The number of ether oxygens (including phenoxy) is 2. The van der Waals surface area contributed by atoms with E-state index in [-0.39, 0.29) is 18.1 Å². The third-order valence-electron chi connectivity index (χ3n) is 1.81. The monoisotopic (exact) mass is 143 g/mol. The summed E-state index contributed by atoms with van der Waals surface area (Å²) in [7, 11) is 0. The summed E-state index contributed by atoms with van der Waals surface area (Å²) in [6.45, 7) is 1.84. The summed E-state index contributed by atoms with van der Waals surface area (Å²) in [5.74, 6) is -0.176. The third kappa shape index (κ3) is 0.803. The van der Waals surface area contributed by atoms with Crippen LogP contribution in [0, 0.1) is 0 Å². The number of nitrogens with one attached hydrogen (secondary N) is 1. The maximum Gasteiger partial charge on any atom is 0.326 e. The van der Waals surface area contributed by atoms with E-state index in [4.69, 9.17) is 9.47 Å². The lowest BCUT2D eigenvalue weighted by molar-refractivity contribution is -0.139. The Hall–Kier alpha value is -0.610. The molecule has 0 amide bonds. The standard InChI is InChI=1S/C6H9NO3/c8-6-5-4(3-10-6)9-2-1-7-5/h4-5,7H,1-3H2. The fraction of sp³-hybridized carbons (Fsp3) is 0.833. The Bertz CT molecular complexity index is 159. The van der Waals surface area contributed by atoms with E-state index in [1.807, 2.05) is 0 Å². The number of hydrogen-bond acceptors (Lipinski definition) is 4. The van der Waals surface area contributed by atoms with Crippen LogP contribution in [0.1, 0.15) is 0 Å². The zero-order valence-corrected chi connectivity index (χ0v) is 5.50. The maximum atomic E-state index is 10.8. The molecule has 2 aliphatic heterocycles. The quantitative estimate of drug-likeness (QED) is 0.437. The summed E-state index contributed by atoms with van der Waals surface area (Å²) in [6, 6.07) is -0.200. The van der Waals surface area contributed by atoms with Gasteiger partial charge in [-0.15, -0.1) is 0 Å². The molecule has 2 rings (SSSR count). The molecule has 0 aliphatic carbocycles. The van der Waals surface area contributed by atoms with Gasteiger partial charge in [0.25, 0.3) is 0 Å². The average Bonchev–Trinajstić information content (AvgIpc) is 2.34. The van der Waals surface area contributed by atoms with Crippen molar-refractivity contribution in [2.75, 3.05) is 19.8 Å². The molecule has 2 aliphatic rings. The largest absolute Gasteiger partial charge is 0.462 e. The van der Waals surface area contributed by atoms with E-state index >= 15 is 0 Å². The van der Waals surface area contributed by atoms with Gasteiger partial charge in [0.05, 0.1) is 6.61 Å². The van der Waals surface area contributed by atoms with Crippen LogP contribution in [0.25, 0.3) is 0 Å². The molecular formula is C6H9NO3. The Labute approximate surface area is 58.5 Å². The molecule has 2 saturated heterocycles. The highest BCUT2D eigenvalue weighted by Gasteiger charge is 2.39. The Morgan fingerprint density at radius 2 is 2.50 bits per heavy atom. The smallest absolute Gasteiger partial charge is 0.326 e. The number of carbonyl (C=O) groups excluding carboxylic acids is 1. The molecule has 0 aromatic heterocycles. The van der Waals surface area contributed by atoms with Gasteiger partial charge in [0.1, 0.15) is 18.8 Å². The van der Waals surface area contributed by atoms with Crippen LogP contribution >= 0.6 is 0 Å². The summed E-state index contributed by atoms with van der Waals surface area (Å²) in [5, 5.41) is 3.03. The minimum Gasteiger partial charge on any atom is -0.462 e. The Balaban J connectivity index is 2.08. The first-order valence-electron chi connectivity index (χ1n) is 3.39. The lowest BCUT2D eigenvalue weighted by Crippen LogP contribution is -2.49. The van der Waals surface area contributed by atoms with Crippen LogP contribution in [0.4, 0.5) is 0 Å². The van der Waals surface area contributed by atoms with Crippen LogP contribution in [0.5, 0.6) is 0 Å². The lowest BCUT2D eigenvalue weighted by atomic mass is 10.2. The van der Waals surface area contributed by atoms with Crippen LogP contribution in [0.2, 0.25) is 0 Å². The van der Waals surface area contributed by atoms with Gasteiger partial charge in [0.2, 0.25) is 0 Å². The number of carbonyl (C=O) groups is 1. The van der Waals surface area contributed by atoms with Gasteiger partial charge in [-0.1, -0.05) is 0 Å². The second kappa shape index (κ2) is 2.21. The maximum absolute atomic E-state index is 10.8. The predicted octanol–water partition coefficient (Wildman–Crippen LogP) is -1.10. The van der Waals surface area contributed by atoms with Crippen molar-refractivity contribution in [3.63, 3.8) is 0 Å². The molecule has 10 heavy (non-hydrogen) atoms. The molecule has 0 bridgehead atoms. The van der Waals surface area contributed by atoms with E-state index in [1.165, 1.54) is 0 Å². The number of cyclic esters (lactones) is 1. The molecule has 2 atom stereocenters. The van der Waals surface area contributed by atoms with Gasteiger partial charge < -0.3 is 9.47 Å². The second-order valence-electron chi connectivity index (χ2n) is 2.47. The molecule has 2 unspecified atom stereocenters. The van der Waals surface area contributed by atoms with Crippen LogP contribution in [0.15, 0.2) is 0 Å². The van der Waals surface area contributed by atoms with E-state index in [9.17, 15) is 4.79 Å². The summed E-state index contributed by atoms with van der Waals surface area (Å²) >= 11 is 0. The van der Waals surface area contributed by atoms with Crippen LogP contribution < -0.4 is 5.32 Å². The van der Waals surface area contributed by atoms with Crippen molar-refractivity contribution in [1.29, 1.82) is 0 Å².